The predicted molar refractivity (Wildman–Crippen MR) is 103 cm³/mol. The number of benzene rings is 1. The van der Waals surface area contributed by atoms with Gasteiger partial charge in [-0.3, -0.25) is 9.59 Å². The second kappa shape index (κ2) is 9.08. The standard InChI is InChI=1S/C20H24FN3O2S/c1-2-18(25)22-10-7-15-13-27-19(23-15)14-8-11-24(12-9-14)20(26)16-5-3-4-6-17(16)21/h3-6,13-14H,2,7-12H2,1H3,(H,22,25). The van der Waals surface area contributed by atoms with Crippen molar-refractivity contribution in [3.63, 3.8) is 0 Å². The molecular formula is C20H24FN3O2S. The molecule has 0 spiro atoms. The Balaban J connectivity index is 1.51. The highest BCUT2D eigenvalue weighted by molar-refractivity contribution is 7.09. The van der Waals surface area contributed by atoms with E-state index in [1.165, 1.54) is 12.1 Å². The van der Waals surface area contributed by atoms with Gasteiger partial charge in [-0.15, -0.1) is 11.3 Å². The molecule has 5 nitrogen and oxygen atoms in total. The molecule has 27 heavy (non-hydrogen) atoms. The molecule has 7 heteroatoms. The van der Waals surface area contributed by atoms with Crippen molar-refractivity contribution in [2.45, 2.75) is 38.5 Å². The maximum absolute atomic E-state index is 13.8. The second-order valence-electron chi connectivity index (χ2n) is 6.68. The van der Waals surface area contributed by atoms with Crippen molar-refractivity contribution in [2.75, 3.05) is 19.6 Å². The van der Waals surface area contributed by atoms with E-state index in [0.29, 0.717) is 32.0 Å². The topological polar surface area (TPSA) is 62.3 Å². The van der Waals surface area contributed by atoms with Gasteiger partial charge in [0.25, 0.3) is 5.91 Å². The van der Waals surface area contributed by atoms with Gasteiger partial charge >= 0.3 is 0 Å². The monoisotopic (exact) mass is 389 g/mol. The highest BCUT2D eigenvalue weighted by atomic mass is 32.1. The molecule has 1 N–H and O–H groups in total. The van der Waals surface area contributed by atoms with Crippen LogP contribution in [0.5, 0.6) is 0 Å². The lowest BCUT2D eigenvalue weighted by atomic mass is 9.97. The summed E-state index contributed by atoms with van der Waals surface area (Å²) in [5, 5.41) is 5.99. The van der Waals surface area contributed by atoms with Crippen molar-refractivity contribution in [3.8, 4) is 0 Å². The quantitative estimate of drug-likeness (QED) is 0.824. The Morgan fingerprint density at radius 2 is 2.04 bits per heavy atom. The zero-order valence-electron chi connectivity index (χ0n) is 15.4. The maximum Gasteiger partial charge on any atom is 0.256 e. The number of halogens is 1. The van der Waals surface area contributed by atoms with Gasteiger partial charge in [0, 0.05) is 43.8 Å². The van der Waals surface area contributed by atoms with Gasteiger partial charge in [-0.25, -0.2) is 9.37 Å². The number of hydrogen-bond acceptors (Lipinski definition) is 4. The number of nitrogens with one attached hydrogen (secondary N) is 1. The summed E-state index contributed by atoms with van der Waals surface area (Å²) in [7, 11) is 0. The Morgan fingerprint density at radius 1 is 1.30 bits per heavy atom. The van der Waals surface area contributed by atoms with Crippen molar-refractivity contribution in [1.29, 1.82) is 0 Å². The number of aromatic nitrogens is 1. The van der Waals surface area contributed by atoms with Crippen LogP contribution in [-0.2, 0) is 11.2 Å². The van der Waals surface area contributed by atoms with E-state index in [1.54, 1.807) is 28.4 Å². The minimum Gasteiger partial charge on any atom is -0.356 e. The summed E-state index contributed by atoms with van der Waals surface area (Å²) in [4.78, 5) is 30.2. The number of piperidine rings is 1. The average molecular weight is 389 g/mol. The molecular weight excluding hydrogens is 365 g/mol. The molecule has 2 amide bonds. The molecule has 0 bridgehead atoms. The Kier molecular flexibility index (Phi) is 6.55. The molecule has 2 aromatic rings. The number of thiazole rings is 1. The van der Waals surface area contributed by atoms with Crippen LogP contribution < -0.4 is 5.32 Å². The summed E-state index contributed by atoms with van der Waals surface area (Å²) >= 11 is 1.64. The molecule has 1 saturated heterocycles. The summed E-state index contributed by atoms with van der Waals surface area (Å²) < 4.78 is 13.8. The summed E-state index contributed by atoms with van der Waals surface area (Å²) in [6.07, 6.45) is 2.89. The zero-order valence-corrected chi connectivity index (χ0v) is 16.2. The molecule has 1 fully saturated rings. The third kappa shape index (κ3) is 4.91. The molecule has 1 aliphatic heterocycles. The SMILES string of the molecule is CCC(=O)NCCc1csc(C2CCN(C(=O)c3ccccc3F)CC2)n1. The van der Waals surface area contributed by atoms with Crippen LogP contribution in [0.1, 0.15) is 53.2 Å². The van der Waals surface area contributed by atoms with Gasteiger partial charge in [0.1, 0.15) is 5.82 Å². The van der Waals surface area contributed by atoms with Crippen LogP contribution in [0.3, 0.4) is 0 Å². The van der Waals surface area contributed by atoms with Gasteiger partial charge in [0.2, 0.25) is 5.91 Å². The van der Waals surface area contributed by atoms with Crippen LogP contribution in [0, 0.1) is 5.82 Å². The first kappa shape index (κ1) is 19.5. The fraction of sp³-hybridized carbons (Fsp3) is 0.450. The maximum atomic E-state index is 13.8. The third-order valence-electron chi connectivity index (χ3n) is 4.83. The summed E-state index contributed by atoms with van der Waals surface area (Å²) in [6, 6.07) is 6.13. The van der Waals surface area contributed by atoms with E-state index in [0.717, 1.165) is 30.0 Å². The smallest absolute Gasteiger partial charge is 0.256 e. The second-order valence-corrected chi connectivity index (χ2v) is 7.57. The fourth-order valence-corrected chi connectivity index (χ4v) is 4.24. The lowest BCUT2D eigenvalue weighted by Gasteiger charge is -2.31. The Morgan fingerprint density at radius 3 is 2.74 bits per heavy atom. The minimum absolute atomic E-state index is 0.0531. The molecule has 0 radical (unpaired) electrons. The number of carbonyl (C=O) groups excluding carboxylic acids is 2. The van der Waals surface area contributed by atoms with Crippen molar-refractivity contribution in [3.05, 3.63) is 51.7 Å². The minimum atomic E-state index is -0.468. The predicted octanol–water partition coefficient (Wildman–Crippen LogP) is 3.37. The highest BCUT2D eigenvalue weighted by Crippen LogP contribution is 2.31. The number of carbonyl (C=O) groups is 2. The van der Waals surface area contributed by atoms with E-state index >= 15 is 0 Å². The van der Waals surface area contributed by atoms with E-state index in [4.69, 9.17) is 4.98 Å². The van der Waals surface area contributed by atoms with E-state index in [9.17, 15) is 14.0 Å². The van der Waals surface area contributed by atoms with Gasteiger partial charge in [0.15, 0.2) is 0 Å². The first-order valence-electron chi connectivity index (χ1n) is 9.33. The Hall–Kier alpha value is -2.28. The van der Waals surface area contributed by atoms with Crippen molar-refractivity contribution in [1.82, 2.24) is 15.2 Å². The highest BCUT2D eigenvalue weighted by Gasteiger charge is 2.27. The molecule has 1 aromatic carbocycles. The normalized spacial score (nSPS) is 15.0. The largest absolute Gasteiger partial charge is 0.356 e. The lowest BCUT2D eigenvalue weighted by Crippen LogP contribution is -2.38. The molecule has 1 aliphatic rings. The van der Waals surface area contributed by atoms with E-state index < -0.39 is 5.82 Å². The van der Waals surface area contributed by atoms with Gasteiger partial charge in [-0.1, -0.05) is 19.1 Å². The van der Waals surface area contributed by atoms with E-state index in [2.05, 4.69) is 5.32 Å². The van der Waals surface area contributed by atoms with E-state index in [1.807, 2.05) is 12.3 Å². The molecule has 0 unspecified atom stereocenters. The first-order chi connectivity index (χ1) is 13.1. The number of rotatable bonds is 6. The third-order valence-corrected chi connectivity index (χ3v) is 5.89. The number of amides is 2. The van der Waals surface area contributed by atoms with E-state index in [-0.39, 0.29) is 17.4 Å². The van der Waals surface area contributed by atoms with Gasteiger partial charge in [0.05, 0.1) is 16.3 Å². The van der Waals surface area contributed by atoms with Crippen LogP contribution in [0.2, 0.25) is 0 Å². The van der Waals surface area contributed by atoms with Crippen molar-refractivity contribution < 1.29 is 14.0 Å². The molecule has 3 rings (SSSR count). The molecule has 1 aromatic heterocycles. The lowest BCUT2D eigenvalue weighted by molar-refractivity contribution is -0.120. The van der Waals surface area contributed by atoms with Crippen LogP contribution in [-0.4, -0.2) is 41.3 Å². The van der Waals surface area contributed by atoms with Crippen LogP contribution in [0.25, 0.3) is 0 Å². The fourth-order valence-electron chi connectivity index (χ4n) is 3.21. The number of likely N-dealkylation sites (tertiary alicyclic amines) is 1. The first-order valence-corrected chi connectivity index (χ1v) is 10.2. The summed E-state index contributed by atoms with van der Waals surface area (Å²) in [5.41, 5.74) is 1.14. The summed E-state index contributed by atoms with van der Waals surface area (Å²) in [5.74, 6) is -0.321. The zero-order chi connectivity index (χ0) is 19.2. The van der Waals surface area contributed by atoms with Gasteiger partial charge in [-0.2, -0.15) is 0 Å². The van der Waals surface area contributed by atoms with Crippen molar-refractivity contribution >= 4 is 23.2 Å². The molecule has 144 valence electrons. The van der Waals surface area contributed by atoms with Gasteiger partial charge in [-0.05, 0) is 25.0 Å². The average Bonchev–Trinajstić information content (AvgIpc) is 3.16. The number of nitrogens with zero attached hydrogens (tertiary/aromatic N) is 2. The molecule has 0 atom stereocenters. The van der Waals surface area contributed by atoms with Crippen molar-refractivity contribution in [2.24, 2.45) is 0 Å². The number of hydrogen-bond donors (Lipinski definition) is 1. The molecule has 0 aliphatic carbocycles. The Labute approximate surface area is 162 Å². The van der Waals surface area contributed by atoms with Crippen LogP contribution >= 0.6 is 11.3 Å². The van der Waals surface area contributed by atoms with Crippen LogP contribution in [0.15, 0.2) is 29.6 Å². The Bertz CT molecular complexity index is 800. The molecule has 2 heterocycles. The van der Waals surface area contributed by atoms with Crippen LogP contribution in [0.4, 0.5) is 4.39 Å². The molecule has 0 saturated carbocycles. The van der Waals surface area contributed by atoms with Gasteiger partial charge < -0.3 is 10.2 Å². The summed E-state index contributed by atoms with van der Waals surface area (Å²) in [6.45, 7) is 3.66.